The molecule has 0 amide bonds. The van der Waals surface area contributed by atoms with Crippen molar-refractivity contribution >= 4 is 11.6 Å². The van der Waals surface area contributed by atoms with E-state index in [1.54, 1.807) is 0 Å². The number of fused-ring (bicyclic) bond motifs is 1. The molecule has 0 atom stereocenters. The number of carbonyl (C=O) groups excluding carboxylic acids is 1. The lowest BCUT2D eigenvalue weighted by Crippen LogP contribution is -2.23. The predicted molar refractivity (Wildman–Crippen MR) is 42.3 cm³/mol. The van der Waals surface area contributed by atoms with E-state index in [9.17, 15) is 23.1 Å². The Morgan fingerprint density at radius 3 is 2.69 bits per heavy atom. The minimum atomic E-state index is -4.63. The number of nitrogens with zero attached hydrogens (tertiary/aromatic N) is 3. The molecule has 0 aliphatic heterocycles. The van der Waals surface area contributed by atoms with E-state index >= 15 is 0 Å². The summed E-state index contributed by atoms with van der Waals surface area (Å²) >= 11 is 0. The third-order valence-electron chi connectivity index (χ3n) is 1.86. The first-order valence-corrected chi connectivity index (χ1v) is 4.03. The van der Waals surface area contributed by atoms with Crippen LogP contribution in [0.1, 0.15) is 16.2 Å². The summed E-state index contributed by atoms with van der Waals surface area (Å²) in [6.45, 7) is 0. The molecule has 84 valence electrons. The van der Waals surface area contributed by atoms with Crippen molar-refractivity contribution in [3.63, 3.8) is 0 Å². The monoisotopic (exact) mass is 230 g/mol. The Bertz CT molecular complexity index is 561. The summed E-state index contributed by atoms with van der Waals surface area (Å²) < 4.78 is 37.9. The highest BCUT2D eigenvalue weighted by molar-refractivity contribution is 5.84. The third-order valence-corrected chi connectivity index (χ3v) is 1.86. The van der Waals surface area contributed by atoms with Crippen LogP contribution < -0.4 is 5.11 Å². The molecule has 0 aromatic carbocycles. The lowest BCUT2D eigenvalue weighted by Gasteiger charge is -2.07. The minimum Gasteiger partial charge on any atom is -0.543 e. The average molecular weight is 230 g/mol. The maximum atomic E-state index is 12.5. The fourth-order valence-electron chi connectivity index (χ4n) is 1.21. The quantitative estimate of drug-likeness (QED) is 0.697. The summed E-state index contributed by atoms with van der Waals surface area (Å²) in [5.74, 6) is -1.65. The molecule has 0 N–H and O–H groups in total. The van der Waals surface area contributed by atoms with Gasteiger partial charge in [0.15, 0.2) is 5.65 Å². The number of hydrogen-bond donors (Lipinski definition) is 0. The minimum absolute atomic E-state index is 0.200. The van der Waals surface area contributed by atoms with E-state index in [2.05, 4.69) is 10.1 Å². The van der Waals surface area contributed by atoms with Crippen molar-refractivity contribution in [2.45, 2.75) is 6.18 Å². The van der Waals surface area contributed by atoms with Gasteiger partial charge in [-0.2, -0.15) is 18.3 Å². The van der Waals surface area contributed by atoms with E-state index in [1.165, 1.54) is 0 Å². The first-order chi connectivity index (χ1) is 7.39. The Labute approximate surface area is 86.1 Å². The number of hydrogen-bond acceptors (Lipinski definition) is 4. The number of carboxylic acids is 1. The first-order valence-electron chi connectivity index (χ1n) is 4.03. The van der Waals surface area contributed by atoms with Crippen molar-refractivity contribution in [2.75, 3.05) is 0 Å². The van der Waals surface area contributed by atoms with Crippen molar-refractivity contribution < 1.29 is 23.1 Å². The van der Waals surface area contributed by atoms with Gasteiger partial charge in [0.1, 0.15) is 11.4 Å². The lowest BCUT2D eigenvalue weighted by molar-refractivity contribution is -0.255. The fraction of sp³-hybridized carbons (Fsp3) is 0.125. The molecule has 2 aromatic rings. The molecule has 0 spiro atoms. The molecule has 0 saturated heterocycles. The molecule has 0 bridgehead atoms. The predicted octanol–water partition coefficient (Wildman–Crippen LogP) is 0.112. The van der Waals surface area contributed by atoms with Gasteiger partial charge in [-0.25, -0.2) is 9.50 Å². The molecule has 0 unspecified atom stereocenters. The summed E-state index contributed by atoms with van der Waals surface area (Å²) in [5.41, 5.74) is -1.89. The van der Waals surface area contributed by atoms with E-state index in [0.29, 0.717) is 10.6 Å². The molecule has 8 heteroatoms. The first kappa shape index (κ1) is 10.4. The van der Waals surface area contributed by atoms with Crippen molar-refractivity contribution in [1.29, 1.82) is 0 Å². The molecule has 2 aromatic heterocycles. The van der Waals surface area contributed by atoms with Crippen LogP contribution in [-0.4, -0.2) is 20.6 Å². The van der Waals surface area contributed by atoms with E-state index in [4.69, 9.17) is 0 Å². The maximum absolute atomic E-state index is 12.5. The molecule has 2 rings (SSSR count). The highest BCUT2D eigenvalue weighted by Crippen LogP contribution is 2.28. The molecule has 16 heavy (non-hydrogen) atoms. The highest BCUT2D eigenvalue weighted by atomic mass is 19.4. The van der Waals surface area contributed by atoms with E-state index in [-0.39, 0.29) is 5.65 Å². The Morgan fingerprint density at radius 1 is 1.44 bits per heavy atom. The van der Waals surface area contributed by atoms with Crippen LogP contribution in [0.2, 0.25) is 0 Å². The number of carboxylic acid groups (broad SMARTS) is 1. The van der Waals surface area contributed by atoms with Crippen molar-refractivity contribution in [3.05, 3.63) is 29.7 Å². The summed E-state index contributed by atoms with van der Waals surface area (Å²) in [6.07, 6.45) is -3.70. The van der Waals surface area contributed by atoms with Gasteiger partial charge in [0.05, 0.1) is 5.97 Å². The Balaban J connectivity index is 2.73. The second-order valence-electron chi connectivity index (χ2n) is 2.91. The van der Waals surface area contributed by atoms with Crippen molar-refractivity contribution in [2.24, 2.45) is 0 Å². The Morgan fingerprint density at radius 2 is 2.12 bits per heavy atom. The second-order valence-corrected chi connectivity index (χ2v) is 2.91. The molecule has 0 fully saturated rings. The van der Waals surface area contributed by atoms with Gasteiger partial charge in [0.2, 0.25) is 0 Å². The van der Waals surface area contributed by atoms with Gasteiger partial charge in [0.25, 0.3) is 0 Å². The topological polar surface area (TPSA) is 70.3 Å². The lowest BCUT2D eigenvalue weighted by atomic mass is 10.4. The molecule has 5 nitrogen and oxygen atoms in total. The van der Waals surface area contributed by atoms with Gasteiger partial charge in [-0.05, 0) is 6.07 Å². The zero-order valence-electron chi connectivity index (χ0n) is 7.52. The molecular formula is C8H3F3N3O2-. The number of aromatic carboxylic acids is 1. The molecule has 0 aliphatic rings. The van der Waals surface area contributed by atoms with Crippen molar-refractivity contribution in [1.82, 2.24) is 14.6 Å². The number of carbonyl (C=O) groups is 1. The number of halogens is 3. The van der Waals surface area contributed by atoms with Gasteiger partial charge < -0.3 is 9.90 Å². The zero-order chi connectivity index (χ0) is 11.9. The normalized spacial score (nSPS) is 11.9. The van der Waals surface area contributed by atoms with E-state index in [0.717, 1.165) is 12.3 Å². The summed E-state index contributed by atoms with van der Waals surface area (Å²) in [7, 11) is 0. The van der Waals surface area contributed by atoms with Gasteiger partial charge in [-0.1, -0.05) is 0 Å². The van der Waals surface area contributed by atoms with Crippen LogP contribution in [0.3, 0.4) is 0 Å². The highest BCUT2D eigenvalue weighted by Gasteiger charge is 2.34. The van der Waals surface area contributed by atoms with Gasteiger partial charge in [0, 0.05) is 12.3 Å². The molecule has 2 heterocycles. The van der Waals surface area contributed by atoms with Gasteiger partial charge >= 0.3 is 6.18 Å². The van der Waals surface area contributed by atoms with Crippen LogP contribution >= 0.6 is 0 Å². The second kappa shape index (κ2) is 3.19. The van der Waals surface area contributed by atoms with Gasteiger partial charge in [-0.3, -0.25) is 0 Å². The summed E-state index contributed by atoms with van der Waals surface area (Å²) in [5, 5.41) is 13.7. The SMILES string of the molecule is O=C([O-])c1cc2nccc(C(F)(F)F)n2n1. The maximum Gasteiger partial charge on any atom is 0.433 e. The summed E-state index contributed by atoms with van der Waals surface area (Å²) in [4.78, 5) is 14.0. The van der Waals surface area contributed by atoms with Crippen LogP contribution in [0.15, 0.2) is 18.3 Å². The van der Waals surface area contributed by atoms with Crippen molar-refractivity contribution in [3.8, 4) is 0 Å². The Kier molecular flexibility index (Phi) is 2.07. The van der Waals surface area contributed by atoms with Crippen LogP contribution in [0.5, 0.6) is 0 Å². The van der Waals surface area contributed by atoms with Crippen LogP contribution in [-0.2, 0) is 6.18 Å². The van der Waals surface area contributed by atoms with Crippen LogP contribution in [0, 0.1) is 0 Å². The standard InChI is InChI=1S/C8H4F3N3O2/c9-8(10,11)5-1-2-12-6-3-4(7(15)16)13-14(5)6/h1-3H,(H,15,16)/p-1. The number of rotatable bonds is 1. The molecule has 0 aliphatic carbocycles. The van der Waals surface area contributed by atoms with E-state index < -0.39 is 23.5 Å². The molecule has 0 radical (unpaired) electrons. The molecule has 0 saturated carbocycles. The summed E-state index contributed by atoms with van der Waals surface area (Å²) in [6, 6.07) is 1.61. The number of alkyl halides is 3. The smallest absolute Gasteiger partial charge is 0.433 e. The Hall–Kier alpha value is -2.12. The number of aromatic nitrogens is 3. The van der Waals surface area contributed by atoms with Crippen LogP contribution in [0.4, 0.5) is 13.2 Å². The van der Waals surface area contributed by atoms with E-state index in [1.807, 2.05) is 0 Å². The molecular weight excluding hydrogens is 227 g/mol. The fourth-order valence-corrected chi connectivity index (χ4v) is 1.21. The average Bonchev–Trinajstić information content (AvgIpc) is 2.58. The zero-order valence-corrected chi connectivity index (χ0v) is 7.52. The van der Waals surface area contributed by atoms with Gasteiger partial charge in [-0.15, -0.1) is 0 Å². The van der Waals surface area contributed by atoms with Crippen LogP contribution in [0.25, 0.3) is 5.65 Å². The largest absolute Gasteiger partial charge is 0.543 e. The third kappa shape index (κ3) is 1.58.